The first kappa shape index (κ1) is 22.4. The molecule has 2 heterocycles. The van der Waals surface area contributed by atoms with E-state index in [1.54, 1.807) is 60.9 Å². The summed E-state index contributed by atoms with van der Waals surface area (Å²) in [5, 5.41) is 2.22. The molecule has 0 spiro atoms. The van der Waals surface area contributed by atoms with Gasteiger partial charge in [-0.2, -0.15) is 0 Å². The highest BCUT2D eigenvalue weighted by molar-refractivity contribution is 8.18. The van der Waals surface area contributed by atoms with Crippen molar-refractivity contribution in [3.05, 3.63) is 105 Å². The maximum Gasteiger partial charge on any atom is 0.293 e. The van der Waals surface area contributed by atoms with Gasteiger partial charge in [-0.05, 0) is 35.5 Å². The molecule has 172 valence electrons. The van der Waals surface area contributed by atoms with E-state index in [0.717, 1.165) is 16.7 Å². The summed E-state index contributed by atoms with van der Waals surface area (Å²) < 4.78 is 0. The van der Waals surface area contributed by atoms with E-state index in [0.29, 0.717) is 11.1 Å². The molecule has 0 unspecified atom stereocenters. The summed E-state index contributed by atoms with van der Waals surface area (Å²) in [6.45, 7) is -0.0506. The Morgan fingerprint density at radius 2 is 1.66 bits per heavy atom. The number of benzene rings is 2. The van der Waals surface area contributed by atoms with Gasteiger partial charge < -0.3 is 5.32 Å². The van der Waals surface area contributed by atoms with Crippen molar-refractivity contribution in [3.8, 4) is 0 Å². The fourth-order valence-corrected chi connectivity index (χ4v) is 4.88. The van der Waals surface area contributed by atoms with E-state index in [-0.39, 0.29) is 46.0 Å². The van der Waals surface area contributed by atoms with Gasteiger partial charge in [-0.25, -0.2) is 0 Å². The van der Waals surface area contributed by atoms with Crippen molar-refractivity contribution in [2.75, 3.05) is 13.1 Å². The van der Waals surface area contributed by atoms with Crippen molar-refractivity contribution < 1.29 is 24.0 Å². The van der Waals surface area contributed by atoms with E-state index in [2.05, 4.69) is 10.3 Å². The third-order valence-electron chi connectivity index (χ3n) is 5.67. The van der Waals surface area contributed by atoms with Gasteiger partial charge in [0.25, 0.3) is 17.1 Å². The maximum absolute atomic E-state index is 13.1. The summed E-state index contributed by atoms with van der Waals surface area (Å²) in [5.41, 5.74) is 1.55. The second-order valence-electron chi connectivity index (χ2n) is 7.81. The third kappa shape index (κ3) is 4.06. The highest BCUT2D eigenvalue weighted by Gasteiger charge is 2.35. The molecule has 1 saturated heterocycles. The van der Waals surface area contributed by atoms with E-state index in [1.165, 1.54) is 12.1 Å². The molecule has 1 aliphatic carbocycles. The third-order valence-corrected chi connectivity index (χ3v) is 6.58. The largest absolute Gasteiger partial charge is 0.350 e. The lowest BCUT2D eigenvalue weighted by atomic mass is 9.81. The summed E-state index contributed by atoms with van der Waals surface area (Å²) in [6.07, 6.45) is 4.78. The zero-order valence-electron chi connectivity index (χ0n) is 18.2. The van der Waals surface area contributed by atoms with E-state index in [4.69, 9.17) is 0 Å². The molecule has 0 saturated carbocycles. The van der Waals surface area contributed by atoms with Gasteiger partial charge in [-0.3, -0.25) is 33.9 Å². The minimum Gasteiger partial charge on any atom is -0.350 e. The Bertz CT molecular complexity index is 1450. The Morgan fingerprint density at radius 3 is 2.40 bits per heavy atom. The second kappa shape index (κ2) is 9.11. The van der Waals surface area contributed by atoms with Crippen LogP contribution in [0.3, 0.4) is 0 Å². The average molecular weight is 484 g/mol. The van der Waals surface area contributed by atoms with Crippen LogP contribution in [-0.2, 0) is 4.79 Å². The first-order valence-corrected chi connectivity index (χ1v) is 11.5. The Morgan fingerprint density at radius 1 is 0.914 bits per heavy atom. The number of carbonyl (C=O) groups excluding carboxylic acids is 5. The highest BCUT2D eigenvalue weighted by atomic mass is 32.2. The molecule has 0 bridgehead atoms. The molecular formula is C26H17N3O5S. The van der Waals surface area contributed by atoms with Crippen LogP contribution < -0.4 is 5.32 Å². The van der Waals surface area contributed by atoms with Crippen molar-refractivity contribution in [3.63, 3.8) is 0 Å². The number of hydrogen-bond donors (Lipinski definition) is 1. The number of ketones is 2. The molecule has 2 aliphatic rings. The number of pyridine rings is 1. The van der Waals surface area contributed by atoms with Crippen LogP contribution in [0.2, 0.25) is 0 Å². The van der Waals surface area contributed by atoms with Gasteiger partial charge in [-0.1, -0.05) is 42.5 Å². The van der Waals surface area contributed by atoms with Crippen LogP contribution in [0.25, 0.3) is 6.08 Å². The summed E-state index contributed by atoms with van der Waals surface area (Å²) in [6, 6.07) is 14.5. The molecule has 1 N–H and O–H groups in total. The summed E-state index contributed by atoms with van der Waals surface area (Å²) in [4.78, 5) is 69.2. The fourth-order valence-electron chi connectivity index (χ4n) is 4.02. The number of carbonyl (C=O) groups is 5. The number of rotatable bonds is 5. The fraction of sp³-hybridized carbons (Fsp3) is 0.0769. The molecule has 1 aromatic heterocycles. The van der Waals surface area contributed by atoms with Crippen LogP contribution >= 0.6 is 11.8 Å². The number of nitrogens with one attached hydrogen (secondary N) is 1. The zero-order valence-corrected chi connectivity index (χ0v) is 19.0. The van der Waals surface area contributed by atoms with Crippen molar-refractivity contribution in [2.45, 2.75) is 0 Å². The quantitative estimate of drug-likeness (QED) is 0.433. The smallest absolute Gasteiger partial charge is 0.293 e. The number of nitrogens with zero attached hydrogens (tertiary/aromatic N) is 2. The maximum atomic E-state index is 13.1. The van der Waals surface area contributed by atoms with E-state index >= 15 is 0 Å². The first-order chi connectivity index (χ1) is 17.0. The Hall–Kier alpha value is -4.37. The predicted octanol–water partition coefficient (Wildman–Crippen LogP) is 3.32. The van der Waals surface area contributed by atoms with Gasteiger partial charge in [0, 0.05) is 47.7 Å². The molecule has 35 heavy (non-hydrogen) atoms. The predicted molar refractivity (Wildman–Crippen MR) is 129 cm³/mol. The molecule has 1 fully saturated rings. The number of amides is 3. The summed E-state index contributed by atoms with van der Waals surface area (Å²) >= 11 is 0.820. The molecule has 3 amide bonds. The lowest BCUT2D eigenvalue weighted by Crippen LogP contribution is -2.38. The standard InChI is InChI=1S/C26H17N3O5S/c30-22-16-6-1-2-7-17(16)23(31)21-18(22)8-3-9-19(21)24(32)28-11-12-29-25(33)20(35-26(29)34)13-15-5-4-10-27-14-15/h1-10,13-14H,11-12H2,(H,28,32)/b20-13-. The number of hydrogen-bond acceptors (Lipinski definition) is 7. The molecule has 1 aliphatic heterocycles. The van der Waals surface area contributed by atoms with Crippen LogP contribution in [0.4, 0.5) is 4.79 Å². The number of thioether (sulfide) groups is 1. The van der Waals surface area contributed by atoms with Crippen LogP contribution in [0.5, 0.6) is 0 Å². The van der Waals surface area contributed by atoms with Crippen molar-refractivity contribution in [1.29, 1.82) is 0 Å². The van der Waals surface area contributed by atoms with Gasteiger partial charge in [0.05, 0.1) is 10.5 Å². The first-order valence-electron chi connectivity index (χ1n) is 10.7. The monoisotopic (exact) mass is 483 g/mol. The molecular weight excluding hydrogens is 466 g/mol. The van der Waals surface area contributed by atoms with Crippen molar-refractivity contribution in [1.82, 2.24) is 15.2 Å². The lowest BCUT2D eigenvalue weighted by molar-refractivity contribution is -0.122. The normalized spacial score (nSPS) is 15.9. The highest BCUT2D eigenvalue weighted by Crippen LogP contribution is 2.32. The minimum absolute atomic E-state index is 0.0144. The van der Waals surface area contributed by atoms with Crippen molar-refractivity contribution >= 4 is 46.5 Å². The Labute approximate surface area is 204 Å². The number of imide groups is 1. The van der Waals surface area contributed by atoms with Gasteiger partial charge in [0.1, 0.15) is 0 Å². The Kier molecular flexibility index (Phi) is 5.84. The Balaban J connectivity index is 1.29. The molecule has 0 radical (unpaired) electrons. The molecule has 9 heteroatoms. The van der Waals surface area contributed by atoms with Gasteiger partial charge in [0.15, 0.2) is 11.6 Å². The number of aromatic nitrogens is 1. The SMILES string of the molecule is O=C(NCCN1C(=O)S/C(=C\c2cccnc2)C1=O)c1cccc2c1C(=O)c1ccccc1C2=O. The van der Waals surface area contributed by atoms with E-state index < -0.39 is 22.8 Å². The van der Waals surface area contributed by atoms with Crippen LogP contribution in [0, 0.1) is 0 Å². The summed E-state index contributed by atoms with van der Waals surface area (Å²) in [5.74, 6) is -1.73. The zero-order chi connectivity index (χ0) is 24.5. The molecule has 2 aromatic carbocycles. The van der Waals surface area contributed by atoms with Gasteiger partial charge in [0.2, 0.25) is 0 Å². The van der Waals surface area contributed by atoms with Gasteiger partial charge >= 0.3 is 0 Å². The lowest BCUT2D eigenvalue weighted by Gasteiger charge is -2.20. The summed E-state index contributed by atoms with van der Waals surface area (Å²) in [7, 11) is 0. The van der Waals surface area contributed by atoms with E-state index in [9.17, 15) is 24.0 Å². The topological polar surface area (TPSA) is 114 Å². The van der Waals surface area contributed by atoms with Crippen LogP contribution in [0.15, 0.2) is 71.9 Å². The average Bonchev–Trinajstić information content (AvgIpc) is 3.14. The number of fused-ring (bicyclic) bond motifs is 2. The van der Waals surface area contributed by atoms with Crippen LogP contribution in [-0.4, -0.2) is 51.6 Å². The molecule has 5 rings (SSSR count). The second-order valence-corrected chi connectivity index (χ2v) is 8.80. The van der Waals surface area contributed by atoms with Crippen LogP contribution in [0.1, 0.15) is 47.8 Å². The molecule has 3 aromatic rings. The van der Waals surface area contributed by atoms with E-state index in [1.807, 2.05) is 0 Å². The molecule has 8 nitrogen and oxygen atoms in total. The van der Waals surface area contributed by atoms with Gasteiger partial charge in [-0.15, -0.1) is 0 Å². The molecule has 0 atom stereocenters. The minimum atomic E-state index is -0.569. The van der Waals surface area contributed by atoms with Crippen molar-refractivity contribution in [2.24, 2.45) is 0 Å².